The van der Waals surface area contributed by atoms with Crippen molar-refractivity contribution >= 4 is 11.8 Å². The summed E-state index contributed by atoms with van der Waals surface area (Å²) in [5, 5.41) is 2.83. The third-order valence-corrected chi connectivity index (χ3v) is 6.87. The van der Waals surface area contributed by atoms with E-state index in [0.29, 0.717) is 57.6 Å². The Labute approximate surface area is 218 Å². The number of carbonyl (C=O) groups excluding carboxylic acids is 2. The lowest BCUT2D eigenvalue weighted by molar-refractivity contribution is -0.140. The highest BCUT2D eigenvalue weighted by molar-refractivity contribution is 5.98. The lowest BCUT2D eigenvalue weighted by atomic mass is 9.85. The number of amides is 2. The quantitative estimate of drug-likeness (QED) is 0.602. The minimum Gasteiger partial charge on any atom is -0.378 e. The highest BCUT2D eigenvalue weighted by Crippen LogP contribution is 2.35. The maximum absolute atomic E-state index is 14.9. The Balaban J connectivity index is 1.76. The molecular weight excluding hydrogens is 506 g/mol. The van der Waals surface area contributed by atoms with E-state index in [1.54, 1.807) is 9.47 Å². The van der Waals surface area contributed by atoms with Gasteiger partial charge in [-0.1, -0.05) is 20.8 Å². The lowest BCUT2D eigenvalue weighted by Gasteiger charge is -2.36. The summed E-state index contributed by atoms with van der Waals surface area (Å²) in [7, 11) is 1.86. The smallest absolute Gasteiger partial charge is 0.378 e. The van der Waals surface area contributed by atoms with E-state index in [0.717, 1.165) is 12.1 Å². The Hall–Kier alpha value is -2.99. The summed E-state index contributed by atoms with van der Waals surface area (Å²) in [6.07, 6.45) is -4.04. The number of rotatable bonds is 4. The number of morpholine rings is 1. The molecule has 0 radical (unpaired) electrons. The van der Waals surface area contributed by atoms with E-state index in [1.807, 2.05) is 32.7 Å². The second-order valence-electron chi connectivity index (χ2n) is 10.9. The first-order chi connectivity index (χ1) is 17.8. The van der Waals surface area contributed by atoms with Gasteiger partial charge in [-0.05, 0) is 43.6 Å². The van der Waals surface area contributed by atoms with Crippen LogP contribution in [-0.4, -0.2) is 77.1 Å². The summed E-state index contributed by atoms with van der Waals surface area (Å²) in [6.45, 7) is 8.44. The highest BCUT2D eigenvalue weighted by Gasteiger charge is 2.38. The van der Waals surface area contributed by atoms with Gasteiger partial charge in [0.15, 0.2) is 5.69 Å². The number of nitrogens with one attached hydrogen (secondary N) is 1. The van der Waals surface area contributed by atoms with E-state index in [4.69, 9.17) is 4.74 Å². The summed E-state index contributed by atoms with van der Waals surface area (Å²) in [5.74, 6) is -1.80. The minimum absolute atomic E-state index is 0.0328. The summed E-state index contributed by atoms with van der Waals surface area (Å²) in [5.41, 5.74) is -1.56. The molecule has 2 aromatic rings. The highest BCUT2D eigenvalue weighted by atomic mass is 19.4. The van der Waals surface area contributed by atoms with Crippen LogP contribution in [0.4, 0.5) is 17.6 Å². The molecule has 38 heavy (non-hydrogen) atoms. The molecule has 0 unspecified atom stereocenters. The Morgan fingerprint density at radius 1 is 1.08 bits per heavy atom. The van der Waals surface area contributed by atoms with Gasteiger partial charge in [-0.2, -0.15) is 13.2 Å². The number of alkyl halides is 3. The van der Waals surface area contributed by atoms with E-state index < -0.39 is 34.9 Å². The third kappa shape index (κ3) is 5.85. The number of nitrogens with zero attached hydrogens (tertiary/aromatic N) is 4. The van der Waals surface area contributed by atoms with Gasteiger partial charge in [-0.15, -0.1) is 0 Å². The van der Waals surface area contributed by atoms with Gasteiger partial charge >= 0.3 is 6.18 Å². The Morgan fingerprint density at radius 2 is 1.76 bits per heavy atom. The van der Waals surface area contributed by atoms with Gasteiger partial charge in [0, 0.05) is 26.2 Å². The van der Waals surface area contributed by atoms with Crippen LogP contribution in [0.15, 0.2) is 18.2 Å². The molecule has 2 aliphatic heterocycles. The van der Waals surface area contributed by atoms with Crippen LogP contribution in [-0.2, 0) is 28.8 Å². The first-order valence-corrected chi connectivity index (χ1v) is 12.6. The monoisotopic (exact) mass is 539 g/mol. The van der Waals surface area contributed by atoms with Crippen LogP contribution in [0.5, 0.6) is 0 Å². The van der Waals surface area contributed by atoms with E-state index in [9.17, 15) is 27.2 Å². The van der Waals surface area contributed by atoms with Crippen molar-refractivity contribution < 1.29 is 31.9 Å². The van der Waals surface area contributed by atoms with Crippen LogP contribution < -0.4 is 5.32 Å². The van der Waals surface area contributed by atoms with Crippen molar-refractivity contribution in [1.82, 2.24) is 24.7 Å². The number of aromatic nitrogens is 2. The van der Waals surface area contributed by atoms with Crippen LogP contribution in [0.1, 0.15) is 48.9 Å². The van der Waals surface area contributed by atoms with Crippen molar-refractivity contribution in [3.8, 4) is 11.4 Å². The second kappa shape index (κ2) is 10.6. The number of fused-ring (bicyclic) bond motifs is 1. The fourth-order valence-corrected chi connectivity index (χ4v) is 4.80. The molecule has 1 aromatic heterocycles. The zero-order chi connectivity index (χ0) is 27.8. The average molecular weight is 540 g/mol. The number of carbonyl (C=O) groups is 2. The fourth-order valence-electron chi connectivity index (χ4n) is 4.80. The van der Waals surface area contributed by atoms with Gasteiger partial charge in [0.1, 0.15) is 17.7 Å². The topological polar surface area (TPSA) is 79.7 Å². The van der Waals surface area contributed by atoms with Crippen molar-refractivity contribution in [2.45, 2.75) is 52.5 Å². The molecule has 1 saturated heterocycles. The molecular formula is C26H33F4N5O3. The molecule has 0 bridgehead atoms. The Kier molecular flexibility index (Phi) is 7.85. The molecule has 4 rings (SSSR count). The molecule has 1 atom stereocenters. The molecule has 0 spiro atoms. The Bertz CT molecular complexity index is 1200. The normalized spacial score (nSPS) is 18.1. The van der Waals surface area contributed by atoms with E-state index >= 15 is 0 Å². The SMILES string of the molecule is CN1CCCn2c(-c3cc(C(F)(F)F)ccc3F)nc(C(=O)N[C@H](C(=O)N3CCOCC3)C(C)(C)C)c2C1. The van der Waals surface area contributed by atoms with E-state index in [1.165, 1.54) is 0 Å². The molecule has 1 fully saturated rings. The minimum atomic E-state index is -4.67. The number of imidazole rings is 1. The largest absolute Gasteiger partial charge is 0.416 e. The predicted octanol–water partition coefficient (Wildman–Crippen LogP) is 3.55. The molecule has 2 aliphatic rings. The van der Waals surface area contributed by atoms with Gasteiger partial charge in [-0.3, -0.25) is 9.59 Å². The van der Waals surface area contributed by atoms with Crippen molar-refractivity contribution in [3.05, 3.63) is 41.0 Å². The van der Waals surface area contributed by atoms with Gasteiger partial charge in [-0.25, -0.2) is 9.37 Å². The van der Waals surface area contributed by atoms with Crippen LogP contribution in [0.3, 0.4) is 0 Å². The van der Waals surface area contributed by atoms with Crippen molar-refractivity contribution in [2.75, 3.05) is 39.9 Å². The molecule has 12 heteroatoms. The summed E-state index contributed by atoms with van der Waals surface area (Å²) < 4.78 is 62.1. The zero-order valence-corrected chi connectivity index (χ0v) is 22.0. The van der Waals surface area contributed by atoms with E-state index in [-0.39, 0.29) is 29.5 Å². The molecule has 0 aliphatic carbocycles. The molecule has 0 saturated carbocycles. The maximum atomic E-state index is 14.9. The molecule has 208 valence electrons. The number of hydrogen-bond donors (Lipinski definition) is 1. The number of halogens is 4. The van der Waals surface area contributed by atoms with Crippen molar-refractivity contribution in [2.24, 2.45) is 5.41 Å². The lowest BCUT2D eigenvalue weighted by Crippen LogP contribution is -2.56. The van der Waals surface area contributed by atoms with Gasteiger partial charge in [0.25, 0.3) is 5.91 Å². The van der Waals surface area contributed by atoms with Crippen LogP contribution in [0.25, 0.3) is 11.4 Å². The van der Waals surface area contributed by atoms with Crippen LogP contribution in [0, 0.1) is 11.2 Å². The van der Waals surface area contributed by atoms with Crippen molar-refractivity contribution in [3.63, 3.8) is 0 Å². The molecule has 3 heterocycles. The number of hydrogen-bond acceptors (Lipinski definition) is 5. The van der Waals surface area contributed by atoms with Crippen LogP contribution >= 0.6 is 0 Å². The zero-order valence-electron chi connectivity index (χ0n) is 22.0. The molecule has 8 nitrogen and oxygen atoms in total. The summed E-state index contributed by atoms with van der Waals surface area (Å²) in [6, 6.07) is 1.28. The van der Waals surface area contributed by atoms with Crippen LogP contribution in [0.2, 0.25) is 0 Å². The predicted molar refractivity (Wildman–Crippen MR) is 132 cm³/mol. The fraction of sp³-hybridized carbons (Fsp3) is 0.577. The standard InChI is InChI=1S/C26H33F4N5O3/c1-25(2,3)21(24(37)34-10-12-38-13-11-34)32-23(36)20-19-15-33(4)8-5-9-35(19)22(31-20)17-14-16(26(28,29)30)6-7-18(17)27/h6-7,14,21H,5,8-13,15H2,1-4H3,(H,32,36)/t21-/m1/s1. The molecule has 2 amide bonds. The number of ether oxygens (including phenoxy) is 1. The summed E-state index contributed by atoms with van der Waals surface area (Å²) in [4.78, 5) is 35.0. The Morgan fingerprint density at radius 3 is 2.39 bits per heavy atom. The first-order valence-electron chi connectivity index (χ1n) is 12.6. The second-order valence-corrected chi connectivity index (χ2v) is 10.9. The van der Waals surface area contributed by atoms with Gasteiger partial charge in [0.05, 0.1) is 30.0 Å². The maximum Gasteiger partial charge on any atom is 0.416 e. The number of benzene rings is 1. The van der Waals surface area contributed by atoms with E-state index in [2.05, 4.69) is 10.3 Å². The molecule has 1 N–H and O–H groups in total. The average Bonchev–Trinajstić information content (AvgIpc) is 3.07. The van der Waals surface area contributed by atoms with Gasteiger partial charge < -0.3 is 24.4 Å². The first kappa shape index (κ1) is 28.0. The third-order valence-electron chi connectivity index (χ3n) is 6.87. The summed E-state index contributed by atoms with van der Waals surface area (Å²) >= 11 is 0. The molecule has 1 aromatic carbocycles. The van der Waals surface area contributed by atoms with Crippen molar-refractivity contribution in [1.29, 1.82) is 0 Å². The van der Waals surface area contributed by atoms with Gasteiger partial charge in [0.2, 0.25) is 5.91 Å².